The van der Waals surface area contributed by atoms with Crippen molar-refractivity contribution in [1.82, 2.24) is 10.3 Å². The Morgan fingerprint density at radius 1 is 1.29 bits per heavy atom. The highest BCUT2D eigenvalue weighted by Gasteiger charge is 2.16. The predicted molar refractivity (Wildman–Crippen MR) is 121 cm³/mol. The van der Waals surface area contributed by atoms with Gasteiger partial charge in [0.15, 0.2) is 9.84 Å². The Hall–Kier alpha value is -1.54. The van der Waals surface area contributed by atoms with Crippen LogP contribution < -0.4 is 5.32 Å². The van der Waals surface area contributed by atoms with E-state index in [-0.39, 0.29) is 0 Å². The summed E-state index contributed by atoms with van der Waals surface area (Å²) in [5.41, 5.74) is 3.62. The first-order chi connectivity index (χ1) is 13.5. The third-order valence-electron chi connectivity index (χ3n) is 5.09. The Kier molecular flexibility index (Phi) is 5.96. The van der Waals surface area contributed by atoms with Crippen LogP contribution in [0, 0.1) is 0 Å². The van der Waals surface area contributed by atoms with Gasteiger partial charge in [-0.25, -0.2) is 8.42 Å². The van der Waals surface area contributed by atoms with Crippen LogP contribution in [-0.2, 0) is 15.6 Å². The van der Waals surface area contributed by atoms with E-state index in [9.17, 15) is 8.42 Å². The van der Waals surface area contributed by atoms with E-state index in [0.29, 0.717) is 10.9 Å². The number of nitrogens with one attached hydrogen (secondary N) is 2. The van der Waals surface area contributed by atoms with E-state index in [2.05, 4.69) is 33.9 Å². The molecule has 1 aliphatic heterocycles. The molecule has 1 unspecified atom stereocenters. The van der Waals surface area contributed by atoms with Crippen LogP contribution in [0.1, 0.15) is 23.3 Å². The van der Waals surface area contributed by atoms with Crippen LogP contribution in [-0.4, -0.2) is 38.0 Å². The topological polar surface area (TPSA) is 62.0 Å². The minimum atomic E-state index is -3.19. The fraction of sp³-hybridized carbons (Fsp3) is 0.333. The molecule has 7 heteroatoms. The average molecular weight is 433 g/mol. The number of H-pyrrole nitrogens is 1. The largest absolute Gasteiger partial charge is 0.361 e. The molecule has 4 nitrogen and oxygen atoms in total. The predicted octanol–water partition coefficient (Wildman–Crippen LogP) is 4.70. The fourth-order valence-electron chi connectivity index (χ4n) is 3.55. The van der Waals surface area contributed by atoms with Crippen molar-refractivity contribution in [2.24, 2.45) is 0 Å². The van der Waals surface area contributed by atoms with Crippen molar-refractivity contribution < 1.29 is 8.42 Å². The SMILES string of the molecule is CS(=O)(=O)c1ccc2[nH]cc(CSCCC3CC(c4cccs4)=CCN3)c2c1. The van der Waals surface area contributed by atoms with Gasteiger partial charge in [-0.2, -0.15) is 11.8 Å². The van der Waals surface area contributed by atoms with Crippen LogP contribution in [0.15, 0.2) is 52.9 Å². The second-order valence-electron chi connectivity index (χ2n) is 7.15. The highest BCUT2D eigenvalue weighted by molar-refractivity contribution is 7.98. The van der Waals surface area contributed by atoms with Gasteiger partial charge in [-0.05, 0) is 59.4 Å². The number of sulfone groups is 1. The second kappa shape index (κ2) is 8.45. The number of thioether (sulfide) groups is 1. The van der Waals surface area contributed by atoms with Crippen molar-refractivity contribution in [2.45, 2.75) is 29.5 Å². The van der Waals surface area contributed by atoms with E-state index < -0.39 is 9.84 Å². The van der Waals surface area contributed by atoms with Crippen LogP contribution in [0.3, 0.4) is 0 Å². The molecule has 3 heterocycles. The van der Waals surface area contributed by atoms with Crippen molar-refractivity contribution in [3.8, 4) is 0 Å². The quantitative estimate of drug-likeness (QED) is 0.531. The lowest BCUT2D eigenvalue weighted by Gasteiger charge is -2.23. The first kappa shape index (κ1) is 19.8. The Bertz CT molecular complexity index is 1080. The molecule has 0 radical (unpaired) electrons. The van der Waals surface area contributed by atoms with Crippen molar-refractivity contribution in [3.63, 3.8) is 0 Å². The van der Waals surface area contributed by atoms with Crippen molar-refractivity contribution in [3.05, 3.63) is 58.4 Å². The van der Waals surface area contributed by atoms with Gasteiger partial charge in [0.25, 0.3) is 0 Å². The fourth-order valence-corrected chi connectivity index (χ4v) is 6.03. The molecule has 4 rings (SSSR count). The van der Waals surface area contributed by atoms with Gasteiger partial charge in [0.05, 0.1) is 4.90 Å². The van der Waals surface area contributed by atoms with Gasteiger partial charge in [0, 0.05) is 46.6 Å². The smallest absolute Gasteiger partial charge is 0.175 e. The maximum atomic E-state index is 11.8. The Balaban J connectivity index is 1.33. The maximum absolute atomic E-state index is 11.8. The molecule has 3 aromatic rings. The van der Waals surface area contributed by atoms with Crippen LogP contribution in [0.25, 0.3) is 16.5 Å². The molecule has 0 aliphatic carbocycles. The zero-order valence-electron chi connectivity index (χ0n) is 15.8. The molecule has 2 N–H and O–H groups in total. The summed E-state index contributed by atoms with van der Waals surface area (Å²) in [7, 11) is -3.19. The number of fused-ring (bicyclic) bond motifs is 1. The summed E-state index contributed by atoms with van der Waals surface area (Å²) in [6, 6.07) is 10.1. The zero-order chi connectivity index (χ0) is 19.6. The lowest BCUT2D eigenvalue weighted by molar-refractivity contribution is 0.525. The first-order valence-corrected chi connectivity index (χ1v) is 13.3. The van der Waals surface area contributed by atoms with E-state index >= 15 is 0 Å². The molecule has 148 valence electrons. The molecule has 0 spiro atoms. The van der Waals surface area contributed by atoms with Crippen LogP contribution in [0.4, 0.5) is 0 Å². The van der Waals surface area contributed by atoms with Crippen LogP contribution in [0.5, 0.6) is 0 Å². The minimum Gasteiger partial charge on any atom is -0.361 e. The summed E-state index contributed by atoms with van der Waals surface area (Å²) < 4.78 is 23.7. The molecule has 2 aromatic heterocycles. The molecule has 1 aliphatic rings. The molecule has 0 bridgehead atoms. The molecule has 28 heavy (non-hydrogen) atoms. The number of benzene rings is 1. The number of hydrogen-bond donors (Lipinski definition) is 2. The van der Waals surface area contributed by atoms with E-state index in [1.807, 2.05) is 35.4 Å². The van der Waals surface area contributed by atoms with Gasteiger partial charge in [-0.15, -0.1) is 11.3 Å². The standard InChI is InChI=1S/C21H24N2O2S3/c1-28(24,25)18-4-5-20-19(12-18)16(13-23-20)14-26-10-7-17-11-15(6-8-22-17)21-3-2-9-27-21/h2-6,9,12-13,17,22-23H,7-8,10-11,14H2,1H3. The summed E-state index contributed by atoms with van der Waals surface area (Å²) in [6.45, 7) is 0.944. The Morgan fingerprint density at radius 3 is 2.96 bits per heavy atom. The second-order valence-corrected chi connectivity index (χ2v) is 11.2. The average Bonchev–Trinajstić information content (AvgIpc) is 3.35. The Morgan fingerprint density at radius 2 is 2.18 bits per heavy atom. The monoisotopic (exact) mass is 432 g/mol. The van der Waals surface area contributed by atoms with E-state index in [1.165, 1.54) is 22.3 Å². The van der Waals surface area contributed by atoms with Crippen molar-refractivity contribution in [1.29, 1.82) is 0 Å². The van der Waals surface area contributed by atoms with Crippen molar-refractivity contribution >= 4 is 49.4 Å². The van der Waals surface area contributed by atoms with Gasteiger partial charge in [-0.1, -0.05) is 12.1 Å². The third-order valence-corrected chi connectivity index (χ3v) is 8.19. The molecular formula is C21H24N2O2S3. The number of rotatable bonds is 7. The lowest BCUT2D eigenvalue weighted by Crippen LogP contribution is -2.33. The first-order valence-electron chi connectivity index (χ1n) is 9.35. The molecule has 1 atom stereocenters. The zero-order valence-corrected chi connectivity index (χ0v) is 18.2. The highest BCUT2D eigenvalue weighted by Crippen LogP contribution is 2.29. The molecule has 0 saturated carbocycles. The Labute approximate surface area is 174 Å². The summed E-state index contributed by atoms with van der Waals surface area (Å²) in [5.74, 6) is 1.96. The third kappa shape index (κ3) is 4.54. The number of aromatic amines is 1. The highest BCUT2D eigenvalue weighted by atomic mass is 32.2. The summed E-state index contributed by atoms with van der Waals surface area (Å²) >= 11 is 3.72. The molecule has 0 fully saturated rings. The molecule has 1 aromatic carbocycles. The van der Waals surface area contributed by atoms with Crippen LogP contribution in [0.2, 0.25) is 0 Å². The van der Waals surface area contributed by atoms with Gasteiger partial charge in [-0.3, -0.25) is 0 Å². The number of thiophene rings is 1. The number of hydrogen-bond acceptors (Lipinski definition) is 5. The maximum Gasteiger partial charge on any atom is 0.175 e. The number of aromatic nitrogens is 1. The van der Waals surface area contributed by atoms with E-state index in [1.54, 1.807) is 12.1 Å². The van der Waals surface area contributed by atoms with Gasteiger partial charge >= 0.3 is 0 Å². The lowest BCUT2D eigenvalue weighted by atomic mass is 9.99. The van der Waals surface area contributed by atoms with E-state index in [0.717, 1.165) is 41.8 Å². The normalized spacial score (nSPS) is 17.8. The summed E-state index contributed by atoms with van der Waals surface area (Å²) in [6.07, 6.45) is 7.78. The molecule has 0 saturated heterocycles. The molecule has 0 amide bonds. The van der Waals surface area contributed by atoms with Crippen LogP contribution >= 0.6 is 23.1 Å². The summed E-state index contributed by atoms with van der Waals surface area (Å²) in [5, 5.41) is 6.75. The van der Waals surface area contributed by atoms with Gasteiger partial charge < -0.3 is 10.3 Å². The molecular weight excluding hydrogens is 408 g/mol. The van der Waals surface area contributed by atoms with E-state index in [4.69, 9.17) is 0 Å². The van der Waals surface area contributed by atoms with Crippen molar-refractivity contribution in [2.75, 3.05) is 18.6 Å². The minimum absolute atomic E-state index is 0.380. The van der Waals surface area contributed by atoms with Gasteiger partial charge in [0.1, 0.15) is 0 Å². The summed E-state index contributed by atoms with van der Waals surface area (Å²) in [4.78, 5) is 5.02. The van der Waals surface area contributed by atoms with Gasteiger partial charge in [0.2, 0.25) is 0 Å².